The fourth-order valence-electron chi connectivity index (χ4n) is 3.90. The van der Waals surface area contributed by atoms with Crippen molar-refractivity contribution < 1.29 is 13.9 Å². The maximum Gasteiger partial charge on any atom is 0.411 e. The number of nitrogens with one attached hydrogen (secondary N) is 2. The van der Waals surface area contributed by atoms with Crippen LogP contribution >= 0.6 is 23.2 Å². The number of aromatic amines is 1. The van der Waals surface area contributed by atoms with E-state index in [2.05, 4.69) is 25.3 Å². The van der Waals surface area contributed by atoms with Crippen LogP contribution in [0.5, 0.6) is 0 Å². The number of aromatic nitrogens is 3. The lowest BCUT2D eigenvalue weighted by atomic mass is 9.96. The molecule has 2 aromatic rings. The second kappa shape index (κ2) is 9.60. The maximum absolute atomic E-state index is 14.5. The van der Waals surface area contributed by atoms with Crippen LogP contribution in [-0.4, -0.2) is 69.1 Å². The highest BCUT2D eigenvalue weighted by molar-refractivity contribution is 6.24. The highest BCUT2D eigenvalue weighted by Gasteiger charge is 2.39. The number of carbonyl (C=O) groups excluding carboxylic acids is 1. The van der Waals surface area contributed by atoms with Gasteiger partial charge in [0.05, 0.1) is 30.5 Å². The lowest BCUT2D eigenvalue weighted by Crippen LogP contribution is -2.64. The van der Waals surface area contributed by atoms with Crippen LogP contribution in [0.25, 0.3) is 17.5 Å². The molecule has 4 N–H and O–H groups in total. The zero-order valence-corrected chi connectivity index (χ0v) is 18.8. The highest BCUT2D eigenvalue weighted by atomic mass is 35.5. The van der Waals surface area contributed by atoms with E-state index >= 15 is 0 Å². The molecular weight excluding hydrogens is 460 g/mol. The zero-order chi connectivity index (χ0) is 22.7. The van der Waals surface area contributed by atoms with Crippen LogP contribution in [0.3, 0.4) is 0 Å². The molecule has 0 radical (unpaired) electrons. The fourth-order valence-corrected chi connectivity index (χ4v) is 4.17. The summed E-state index contributed by atoms with van der Waals surface area (Å²) in [5.74, 6) is -0.124. The molecule has 4 rings (SSSR count). The van der Waals surface area contributed by atoms with Crippen molar-refractivity contribution >= 4 is 41.2 Å². The average molecular weight is 484 g/mol. The third-order valence-electron chi connectivity index (χ3n) is 5.52. The molecule has 0 bridgehead atoms. The highest BCUT2D eigenvalue weighted by Crippen LogP contribution is 2.26. The van der Waals surface area contributed by atoms with E-state index in [0.29, 0.717) is 36.4 Å². The van der Waals surface area contributed by atoms with Crippen molar-refractivity contribution in [1.29, 1.82) is 0 Å². The van der Waals surface area contributed by atoms with Crippen molar-refractivity contribution in [1.82, 2.24) is 19.9 Å². The third kappa shape index (κ3) is 4.67. The number of anilines is 1. The van der Waals surface area contributed by atoms with E-state index in [-0.39, 0.29) is 30.2 Å². The Kier molecular flexibility index (Phi) is 6.82. The number of likely N-dealkylation sites (tertiary alicyclic amines) is 1. The van der Waals surface area contributed by atoms with Crippen LogP contribution < -0.4 is 21.8 Å². The van der Waals surface area contributed by atoms with Gasteiger partial charge in [0.25, 0.3) is 0 Å². The van der Waals surface area contributed by atoms with Crippen LogP contribution in [0.15, 0.2) is 17.4 Å². The van der Waals surface area contributed by atoms with Gasteiger partial charge in [0, 0.05) is 23.5 Å². The molecule has 172 valence electrons. The number of carbonyl (C=O) groups is 1. The molecule has 1 amide bonds. The van der Waals surface area contributed by atoms with Crippen molar-refractivity contribution in [3.05, 3.63) is 28.9 Å². The molecule has 32 heavy (non-hydrogen) atoms. The molecule has 2 aromatic heterocycles. The summed E-state index contributed by atoms with van der Waals surface area (Å²) in [6.45, 7) is 1.11. The van der Waals surface area contributed by atoms with Crippen LogP contribution in [0, 0.1) is 5.82 Å². The van der Waals surface area contributed by atoms with Gasteiger partial charge >= 0.3 is 6.09 Å². The fraction of sp³-hybridized carbons (Fsp3) is 0.500. The SMILES string of the molecule is N[C@]1(CNc2nc(-c3c[nH]c4c3=CC(Cl)CN=4)ncc2F)CCCCN1C(=O)OCCCl. The Morgan fingerprint density at radius 1 is 1.47 bits per heavy atom. The van der Waals surface area contributed by atoms with Gasteiger partial charge in [-0.3, -0.25) is 9.89 Å². The van der Waals surface area contributed by atoms with E-state index in [0.717, 1.165) is 24.3 Å². The number of piperidine rings is 1. The number of H-pyrrole nitrogens is 1. The predicted molar refractivity (Wildman–Crippen MR) is 120 cm³/mol. The number of nitrogens with two attached hydrogens (primary N) is 1. The Labute approximate surface area is 193 Å². The minimum Gasteiger partial charge on any atom is -0.448 e. The first kappa shape index (κ1) is 22.8. The smallest absolute Gasteiger partial charge is 0.411 e. The van der Waals surface area contributed by atoms with Gasteiger partial charge < -0.3 is 20.8 Å². The molecule has 2 atom stereocenters. The summed E-state index contributed by atoms with van der Waals surface area (Å²) in [5.41, 5.74) is 6.85. The topological polar surface area (TPSA) is 122 Å². The Morgan fingerprint density at radius 3 is 3.12 bits per heavy atom. The number of amides is 1. The minimum atomic E-state index is -1.05. The summed E-state index contributed by atoms with van der Waals surface area (Å²) in [5, 5.41) is 3.51. The molecule has 12 heteroatoms. The number of halogens is 3. The molecule has 0 aliphatic carbocycles. The molecule has 0 aromatic carbocycles. The van der Waals surface area contributed by atoms with E-state index < -0.39 is 17.6 Å². The molecule has 1 fully saturated rings. The molecule has 4 heterocycles. The first-order valence-electron chi connectivity index (χ1n) is 10.3. The van der Waals surface area contributed by atoms with Crippen LogP contribution in [-0.2, 0) is 4.74 Å². The summed E-state index contributed by atoms with van der Waals surface area (Å²) < 4.78 is 19.7. The van der Waals surface area contributed by atoms with E-state index in [1.807, 2.05) is 6.08 Å². The summed E-state index contributed by atoms with van der Waals surface area (Å²) in [6, 6.07) is 0. The Bertz CT molecular complexity index is 1110. The van der Waals surface area contributed by atoms with E-state index in [1.165, 1.54) is 4.90 Å². The van der Waals surface area contributed by atoms with E-state index in [1.54, 1.807) is 6.20 Å². The summed E-state index contributed by atoms with van der Waals surface area (Å²) >= 11 is 11.8. The second-order valence-corrected chi connectivity index (χ2v) is 8.69. The maximum atomic E-state index is 14.5. The van der Waals surface area contributed by atoms with Crippen molar-refractivity contribution in [3.63, 3.8) is 0 Å². The Morgan fingerprint density at radius 2 is 2.31 bits per heavy atom. The van der Waals surface area contributed by atoms with Gasteiger partial charge in [0.1, 0.15) is 17.8 Å². The second-order valence-electron chi connectivity index (χ2n) is 7.75. The van der Waals surface area contributed by atoms with Gasteiger partial charge in [-0.1, -0.05) is 6.08 Å². The van der Waals surface area contributed by atoms with Gasteiger partial charge in [0.2, 0.25) is 0 Å². The molecule has 1 unspecified atom stereocenters. The number of alkyl halides is 2. The van der Waals surface area contributed by atoms with Gasteiger partial charge in [0.15, 0.2) is 17.5 Å². The van der Waals surface area contributed by atoms with Crippen LogP contribution in [0.4, 0.5) is 15.0 Å². The predicted octanol–water partition coefficient (Wildman–Crippen LogP) is 1.56. The van der Waals surface area contributed by atoms with Gasteiger partial charge in [-0.2, -0.15) is 0 Å². The molecular formula is C20H24Cl2FN7O2. The lowest BCUT2D eigenvalue weighted by Gasteiger charge is -2.43. The van der Waals surface area contributed by atoms with Crippen LogP contribution in [0.1, 0.15) is 19.3 Å². The van der Waals surface area contributed by atoms with Crippen molar-refractivity contribution in [3.8, 4) is 11.4 Å². The molecule has 0 saturated carbocycles. The standard InChI is InChI=1S/C20H24Cl2FN7O2/c21-4-6-32-19(31)30-5-2-1-3-20(30,24)11-28-18-15(23)10-27-17(29-18)14-9-26-16-13(14)7-12(22)8-25-16/h7,9-10,12H,1-6,8,11,24H2,(H,25,26)(H,27,28,29)/t12?,20-/m1/s1. The van der Waals surface area contributed by atoms with E-state index in [9.17, 15) is 9.18 Å². The zero-order valence-electron chi connectivity index (χ0n) is 17.3. The van der Waals surface area contributed by atoms with Gasteiger partial charge in [-0.15, -0.1) is 23.2 Å². The number of fused-ring (bicyclic) bond motifs is 1. The molecule has 1 saturated heterocycles. The summed E-state index contributed by atoms with van der Waals surface area (Å²) in [4.78, 5) is 29.8. The van der Waals surface area contributed by atoms with Gasteiger partial charge in [-0.25, -0.2) is 19.2 Å². The number of ether oxygens (including phenoxy) is 1. The van der Waals surface area contributed by atoms with E-state index in [4.69, 9.17) is 33.7 Å². The largest absolute Gasteiger partial charge is 0.448 e. The van der Waals surface area contributed by atoms with Crippen molar-refractivity contribution in [2.45, 2.75) is 30.3 Å². The number of hydrogen-bond acceptors (Lipinski definition) is 7. The third-order valence-corrected chi connectivity index (χ3v) is 5.94. The molecule has 0 spiro atoms. The number of hydrogen-bond donors (Lipinski definition) is 3. The van der Waals surface area contributed by atoms with Crippen molar-refractivity contribution in [2.24, 2.45) is 10.7 Å². The number of nitrogens with zero attached hydrogens (tertiary/aromatic N) is 4. The van der Waals surface area contributed by atoms with Crippen molar-refractivity contribution in [2.75, 3.05) is 37.4 Å². The molecule has 2 aliphatic heterocycles. The Hall–Kier alpha value is -2.43. The monoisotopic (exact) mass is 483 g/mol. The van der Waals surface area contributed by atoms with Gasteiger partial charge in [-0.05, 0) is 19.3 Å². The summed E-state index contributed by atoms with van der Waals surface area (Å²) in [6.07, 6.45) is 6.33. The summed E-state index contributed by atoms with van der Waals surface area (Å²) in [7, 11) is 0. The quantitative estimate of drug-likeness (QED) is 0.536. The normalized spacial score (nSPS) is 22.5. The lowest BCUT2D eigenvalue weighted by molar-refractivity contribution is 0.0380. The first-order valence-corrected chi connectivity index (χ1v) is 11.3. The average Bonchev–Trinajstić information content (AvgIpc) is 3.20. The number of rotatable bonds is 6. The first-order chi connectivity index (χ1) is 15.4. The molecule has 9 nitrogen and oxygen atoms in total. The minimum absolute atomic E-state index is 0.00963. The van der Waals surface area contributed by atoms with Crippen LogP contribution in [0.2, 0.25) is 0 Å². The Balaban J connectivity index is 1.56. The molecule has 2 aliphatic rings.